The first-order valence-electron chi connectivity index (χ1n) is 5.09. The van der Waals surface area contributed by atoms with Crippen LogP contribution in [0.3, 0.4) is 0 Å². The van der Waals surface area contributed by atoms with Crippen LogP contribution < -0.4 is 0 Å². The minimum absolute atomic E-state index is 0.00375. The zero-order valence-corrected chi connectivity index (χ0v) is 10.5. The molecule has 0 saturated carbocycles. The summed E-state index contributed by atoms with van der Waals surface area (Å²) in [4.78, 5) is 23.7. The van der Waals surface area contributed by atoms with Crippen LogP contribution in [0.15, 0.2) is 0 Å². The van der Waals surface area contributed by atoms with Gasteiger partial charge in [0.1, 0.15) is 12.1 Å². The lowest BCUT2D eigenvalue weighted by atomic mass is 10.2. The van der Waals surface area contributed by atoms with Crippen molar-refractivity contribution in [3.8, 4) is 0 Å². The fourth-order valence-corrected chi connectivity index (χ4v) is 2.02. The van der Waals surface area contributed by atoms with E-state index < -0.39 is 17.7 Å². The second-order valence-corrected chi connectivity index (χ2v) is 5.77. The van der Waals surface area contributed by atoms with Crippen LogP contribution in [0.2, 0.25) is 0 Å². The molecule has 1 rings (SSSR count). The Morgan fingerprint density at radius 3 is 2.31 bits per heavy atom. The summed E-state index contributed by atoms with van der Waals surface area (Å²) < 4.78 is 5.17. The third kappa shape index (κ3) is 3.92. The molecule has 0 aliphatic carbocycles. The highest BCUT2D eigenvalue weighted by Gasteiger charge is 2.33. The Morgan fingerprint density at radius 1 is 1.44 bits per heavy atom. The van der Waals surface area contributed by atoms with E-state index in [0.717, 1.165) is 11.5 Å². The highest BCUT2D eigenvalue weighted by atomic mass is 32.2. The van der Waals surface area contributed by atoms with Gasteiger partial charge in [0.15, 0.2) is 0 Å². The van der Waals surface area contributed by atoms with Crippen molar-refractivity contribution in [2.45, 2.75) is 32.4 Å². The number of amides is 1. The third-order valence-corrected chi connectivity index (χ3v) is 3.24. The van der Waals surface area contributed by atoms with E-state index in [1.54, 1.807) is 32.5 Å². The lowest BCUT2D eigenvalue weighted by molar-refractivity contribution is -0.138. The van der Waals surface area contributed by atoms with Crippen molar-refractivity contribution >= 4 is 23.8 Å². The minimum Gasteiger partial charge on any atom is -0.480 e. The van der Waals surface area contributed by atoms with E-state index in [0.29, 0.717) is 0 Å². The number of thioether (sulfide) groups is 1. The van der Waals surface area contributed by atoms with Crippen LogP contribution in [0, 0.1) is 0 Å². The molecule has 16 heavy (non-hydrogen) atoms. The lowest BCUT2D eigenvalue weighted by Gasteiger charge is -2.36. The summed E-state index contributed by atoms with van der Waals surface area (Å²) in [6.07, 6.45) is -0.541. The first-order valence-corrected chi connectivity index (χ1v) is 6.24. The van der Waals surface area contributed by atoms with E-state index in [4.69, 9.17) is 9.84 Å². The van der Waals surface area contributed by atoms with E-state index in [1.807, 2.05) is 0 Å². The van der Waals surface area contributed by atoms with Gasteiger partial charge in [0, 0.05) is 11.5 Å². The van der Waals surface area contributed by atoms with E-state index >= 15 is 0 Å². The second-order valence-electron chi connectivity index (χ2n) is 4.69. The van der Waals surface area contributed by atoms with Crippen LogP contribution in [0.1, 0.15) is 20.8 Å². The number of carboxylic acids is 1. The van der Waals surface area contributed by atoms with Crippen molar-refractivity contribution in [1.82, 2.24) is 4.90 Å². The van der Waals surface area contributed by atoms with E-state index in [2.05, 4.69) is 0 Å². The average molecular weight is 247 g/mol. The number of hydrogen-bond acceptors (Lipinski definition) is 4. The molecule has 6 heteroatoms. The third-order valence-electron chi connectivity index (χ3n) is 1.99. The molecule has 92 valence electrons. The predicted octanol–water partition coefficient (Wildman–Crippen LogP) is 1.42. The smallest absolute Gasteiger partial charge is 0.411 e. The van der Waals surface area contributed by atoms with Crippen molar-refractivity contribution in [2.75, 3.05) is 18.1 Å². The van der Waals surface area contributed by atoms with Crippen molar-refractivity contribution < 1.29 is 19.4 Å². The molecular formula is C10H17NO4S. The summed E-state index contributed by atoms with van der Waals surface area (Å²) in [6.45, 7) is 5.00. The monoisotopic (exact) mass is 247 g/mol. The number of nitrogens with zero attached hydrogens (tertiary/aromatic N) is 1. The van der Waals surface area contributed by atoms with Gasteiger partial charge in [-0.25, -0.2) is 4.79 Å². The van der Waals surface area contributed by atoms with Crippen molar-refractivity contribution in [2.24, 2.45) is 0 Å². The van der Waals surface area contributed by atoms with Crippen LogP contribution in [0.4, 0.5) is 4.79 Å². The largest absolute Gasteiger partial charge is 0.480 e. The molecule has 1 aliphatic rings. The molecule has 0 bridgehead atoms. The van der Waals surface area contributed by atoms with E-state index in [9.17, 15) is 9.59 Å². The topological polar surface area (TPSA) is 66.8 Å². The number of carbonyl (C=O) groups excluding carboxylic acids is 1. The zero-order chi connectivity index (χ0) is 12.3. The Kier molecular flexibility index (Phi) is 4.07. The van der Waals surface area contributed by atoms with Crippen LogP contribution in [-0.2, 0) is 9.53 Å². The molecule has 1 saturated heterocycles. The molecule has 5 nitrogen and oxygen atoms in total. The summed E-state index contributed by atoms with van der Waals surface area (Å²) in [5.74, 6) is 0.557. The summed E-state index contributed by atoms with van der Waals surface area (Å²) in [5.41, 5.74) is -0.593. The number of carboxylic acid groups (broad SMARTS) is 1. The number of aliphatic carboxylic acids is 1. The standard InChI is InChI=1S/C10H17NO4S/c1-10(2,3)15-9(14)11(4-8(12)13)7-5-16-6-7/h7H,4-6H2,1-3H3,(H,12,13). The molecule has 1 fully saturated rings. The fourth-order valence-electron chi connectivity index (χ4n) is 1.21. The Labute approximate surface area is 99.1 Å². The van der Waals surface area contributed by atoms with Crippen LogP contribution in [0.5, 0.6) is 0 Å². The first-order chi connectivity index (χ1) is 7.29. The van der Waals surface area contributed by atoms with Gasteiger partial charge in [0.25, 0.3) is 0 Å². The van der Waals surface area contributed by atoms with Gasteiger partial charge >= 0.3 is 12.1 Å². The second kappa shape index (κ2) is 4.95. The maximum atomic E-state index is 11.8. The van der Waals surface area contributed by atoms with Gasteiger partial charge in [-0.3, -0.25) is 9.69 Å². The number of rotatable bonds is 3. The molecule has 1 heterocycles. The molecule has 1 aliphatic heterocycles. The molecule has 0 radical (unpaired) electrons. The van der Waals surface area contributed by atoms with Crippen molar-refractivity contribution in [3.05, 3.63) is 0 Å². The SMILES string of the molecule is CC(C)(C)OC(=O)N(CC(=O)O)C1CSC1. The fraction of sp³-hybridized carbons (Fsp3) is 0.800. The quantitative estimate of drug-likeness (QED) is 0.817. The minimum atomic E-state index is -1.01. The highest BCUT2D eigenvalue weighted by Crippen LogP contribution is 2.24. The summed E-state index contributed by atoms with van der Waals surface area (Å²) in [5, 5.41) is 8.74. The Morgan fingerprint density at radius 2 is 2.00 bits per heavy atom. The van der Waals surface area contributed by atoms with E-state index in [-0.39, 0.29) is 12.6 Å². The molecule has 0 aromatic rings. The van der Waals surface area contributed by atoms with Gasteiger partial charge in [-0.05, 0) is 20.8 Å². The molecule has 0 aromatic heterocycles. The number of hydrogen-bond donors (Lipinski definition) is 1. The van der Waals surface area contributed by atoms with Gasteiger partial charge in [-0.15, -0.1) is 0 Å². The van der Waals surface area contributed by atoms with Gasteiger partial charge in [0.2, 0.25) is 0 Å². The average Bonchev–Trinajstić information content (AvgIpc) is 1.95. The number of ether oxygens (including phenoxy) is 1. The van der Waals surface area contributed by atoms with Gasteiger partial charge < -0.3 is 9.84 Å². The highest BCUT2D eigenvalue weighted by molar-refractivity contribution is 8.00. The number of carbonyl (C=O) groups is 2. The Balaban J connectivity index is 2.60. The predicted molar refractivity (Wildman–Crippen MR) is 61.7 cm³/mol. The van der Waals surface area contributed by atoms with Gasteiger partial charge in [-0.2, -0.15) is 11.8 Å². The summed E-state index contributed by atoms with van der Waals surface area (Å²) in [7, 11) is 0. The summed E-state index contributed by atoms with van der Waals surface area (Å²) >= 11 is 1.69. The Bertz CT molecular complexity index is 283. The molecule has 0 atom stereocenters. The van der Waals surface area contributed by atoms with Crippen molar-refractivity contribution in [3.63, 3.8) is 0 Å². The van der Waals surface area contributed by atoms with Gasteiger partial charge in [0.05, 0.1) is 6.04 Å². The van der Waals surface area contributed by atoms with E-state index in [1.165, 1.54) is 4.90 Å². The Hall–Kier alpha value is -0.910. The molecule has 1 amide bonds. The first kappa shape index (κ1) is 13.2. The molecule has 0 aromatic carbocycles. The lowest BCUT2D eigenvalue weighted by Crippen LogP contribution is -2.51. The van der Waals surface area contributed by atoms with Crippen LogP contribution in [-0.4, -0.2) is 51.8 Å². The van der Waals surface area contributed by atoms with Gasteiger partial charge in [-0.1, -0.05) is 0 Å². The molecular weight excluding hydrogens is 230 g/mol. The maximum absolute atomic E-state index is 11.8. The normalized spacial score (nSPS) is 16.4. The van der Waals surface area contributed by atoms with Crippen molar-refractivity contribution in [1.29, 1.82) is 0 Å². The molecule has 0 spiro atoms. The molecule has 1 N–H and O–H groups in total. The molecule has 0 unspecified atom stereocenters. The zero-order valence-electron chi connectivity index (χ0n) is 9.73. The van der Waals surface area contributed by atoms with Crippen LogP contribution in [0.25, 0.3) is 0 Å². The summed E-state index contributed by atoms with van der Waals surface area (Å²) in [6, 6.07) is -0.00375. The maximum Gasteiger partial charge on any atom is 0.411 e. The van der Waals surface area contributed by atoms with Crippen LogP contribution >= 0.6 is 11.8 Å².